The van der Waals surface area contributed by atoms with Gasteiger partial charge in [0.2, 0.25) is 0 Å². The minimum absolute atomic E-state index is 0. The van der Waals surface area contributed by atoms with Crippen LogP contribution in [0.3, 0.4) is 0 Å². The van der Waals surface area contributed by atoms with E-state index in [-0.39, 0.29) is 51.0 Å². The van der Waals surface area contributed by atoms with Crippen molar-refractivity contribution in [1.82, 2.24) is 0 Å². The average Bonchev–Trinajstić information content (AvgIpc) is 2.64. The van der Waals surface area contributed by atoms with Crippen molar-refractivity contribution in [2.45, 2.75) is 57.5 Å². The number of hydrogen-bond donors (Lipinski definition) is 0. The van der Waals surface area contributed by atoms with Gasteiger partial charge in [-0.2, -0.15) is 17.2 Å². The summed E-state index contributed by atoms with van der Waals surface area (Å²) in [6, 6.07) is 0. The molecule has 19 heavy (non-hydrogen) atoms. The summed E-state index contributed by atoms with van der Waals surface area (Å²) in [5.41, 5.74) is 0. The van der Waals surface area contributed by atoms with Gasteiger partial charge < -0.3 is 24.8 Å². The zero-order valence-electron chi connectivity index (χ0n) is 12.5. The van der Waals surface area contributed by atoms with Crippen molar-refractivity contribution in [1.29, 1.82) is 0 Å². The molecule has 0 amide bonds. The zero-order valence-corrected chi connectivity index (χ0v) is 19.2. The molecule has 0 bridgehead atoms. The minimum Gasteiger partial charge on any atom is -1.00 e. The van der Waals surface area contributed by atoms with Gasteiger partial charge in [0.25, 0.3) is 0 Å². The van der Waals surface area contributed by atoms with E-state index in [9.17, 15) is 0 Å². The molecular formula is C13H24Cl3Si2Zr. The molecule has 0 spiro atoms. The van der Waals surface area contributed by atoms with Gasteiger partial charge in [-0.05, 0) is 5.16 Å². The van der Waals surface area contributed by atoms with E-state index < -0.39 is 15.5 Å². The van der Waals surface area contributed by atoms with Crippen LogP contribution in [0.15, 0.2) is 17.3 Å². The molecule has 109 valence electrons. The SMILES string of the molecule is CCCC([Si](C)(C)Cl)[Si](C)(C)C1=[C-]CC=C1.[Cl-].[Cl-].[Zr+3]. The summed E-state index contributed by atoms with van der Waals surface area (Å²) in [6.45, 7) is 11.8. The Labute approximate surface area is 157 Å². The Hall–Kier alpha value is 1.67. The molecule has 1 atom stereocenters. The molecule has 0 fully saturated rings. The summed E-state index contributed by atoms with van der Waals surface area (Å²) in [5, 5.41) is 2.27. The quantitative estimate of drug-likeness (QED) is 0.299. The first-order chi connectivity index (χ1) is 7.30. The standard InChI is InChI=1S/C13H24ClSi2.2ClH.Zr/c1-6-9-13(16(4,5)14)15(2,3)12-10-7-8-11-12;;;/h7,10,13H,6,8-9H2,1-5H3;2*1H;/q-1;;;+3/p-2. The molecule has 0 aliphatic heterocycles. The molecule has 1 unspecified atom stereocenters. The monoisotopic (exact) mass is 431 g/mol. The third-order valence-corrected chi connectivity index (χ3v) is 15.0. The molecule has 0 aromatic heterocycles. The number of allylic oxidation sites excluding steroid dienone is 4. The van der Waals surface area contributed by atoms with Crippen molar-refractivity contribution in [3.63, 3.8) is 0 Å². The second-order valence-corrected chi connectivity index (χ2v) is 17.8. The van der Waals surface area contributed by atoms with Crippen LogP contribution >= 0.6 is 11.1 Å². The van der Waals surface area contributed by atoms with Crippen LogP contribution in [0.2, 0.25) is 31.4 Å². The van der Waals surface area contributed by atoms with Crippen LogP contribution in [0, 0.1) is 6.08 Å². The van der Waals surface area contributed by atoms with Crippen LogP contribution in [-0.2, 0) is 26.2 Å². The summed E-state index contributed by atoms with van der Waals surface area (Å²) in [5.74, 6) is 0. The van der Waals surface area contributed by atoms with Crippen molar-refractivity contribution in [2.75, 3.05) is 0 Å². The average molecular weight is 434 g/mol. The van der Waals surface area contributed by atoms with E-state index in [1.165, 1.54) is 18.0 Å². The Bertz CT molecular complexity index is 310. The summed E-state index contributed by atoms with van der Waals surface area (Å²) in [7, 11) is -2.98. The predicted octanol–water partition coefficient (Wildman–Crippen LogP) is -0.918. The molecule has 1 rings (SSSR count). The first-order valence-electron chi connectivity index (χ1n) is 6.27. The second-order valence-electron chi connectivity index (χ2n) is 5.82. The maximum atomic E-state index is 6.75. The van der Waals surface area contributed by atoms with E-state index in [1.54, 1.807) is 0 Å². The first kappa shape index (κ1) is 25.6. The molecular weight excluding hydrogens is 410 g/mol. The summed E-state index contributed by atoms with van der Waals surface area (Å²) in [4.78, 5) is 0. The van der Waals surface area contributed by atoms with E-state index in [0.29, 0.717) is 0 Å². The normalized spacial score (nSPS) is 15.8. The first-order valence-corrected chi connectivity index (χ1v) is 13.4. The zero-order chi connectivity index (χ0) is 12.4. The largest absolute Gasteiger partial charge is 3.00 e. The van der Waals surface area contributed by atoms with Crippen LogP contribution in [0.4, 0.5) is 0 Å². The summed E-state index contributed by atoms with van der Waals surface area (Å²) >= 11 is 6.75. The van der Waals surface area contributed by atoms with Gasteiger partial charge in [-0.1, -0.05) is 46.0 Å². The molecule has 6 heteroatoms. The molecule has 0 aromatic carbocycles. The van der Waals surface area contributed by atoms with Gasteiger partial charge in [0, 0.05) is 8.07 Å². The number of rotatable bonds is 5. The van der Waals surface area contributed by atoms with Gasteiger partial charge in [-0.3, -0.25) is 6.08 Å². The molecule has 0 nitrogen and oxygen atoms in total. The van der Waals surface area contributed by atoms with Crippen molar-refractivity contribution in [3.8, 4) is 0 Å². The van der Waals surface area contributed by atoms with E-state index in [1.807, 2.05) is 0 Å². The van der Waals surface area contributed by atoms with Gasteiger partial charge in [-0.25, -0.2) is 11.3 Å². The Kier molecular flexibility index (Phi) is 14.0. The maximum absolute atomic E-state index is 6.75. The van der Waals surface area contributed by atoms with Crippen LogP contribution < -0.4 is 24.8 Å². The van der Waals surface area contributed by atoms with Crippen LogP contribution in [0.25, 0.3) is 0 Å². The Morgan fingerprint density at radius 2 is 1.79 bits per heavy atom. The molecule has 0 saturated carbocycles. The summed E-state index contributed by atoms with van der Waals surface area (Å²) < 4.78 is 0. The van der Waals surface area contributed by atoms with Crippen molar-refractivity contribution >= 4 is 26.5 Å². The fourth-order valence-corrected chi connectivity index (χ4v) is 16.5. The van der Waals surface area contributed by atoms with Crippen molar-refractivity contribution in [2.24, 2.45) is 0 Å². The Morgan fingerprint density at radius 3 is 2.11 bits per heavy atom. The van der Waals surface area contributed by atoms with Crippen molar-refractivity contribution in [3.05, 3.63) is 23.4 Å². The maximum Gasteiger partial charge on any atom is 3.00 e. The fraction of sp³-hybridized carbons (Fsp3) is 0.692. The molecule has 0 saturated heterocycles. The molecule has 1 aliphatic rings. The Morgan fingerprint density at radius 1 is 1.26 bits per heavy atom. The molecule has 1 radical (unpaired) electrons. The van der Waals surface area contributed by atoms with Crippen LogP contribution in [-0.4, -0.2) is 15.5 Å². The van der Waals surface area contributed by atoms with E-state index in [4.69, 9.17) is 11.1 Å². The second kappa shape index (κ2) is 10.4. The predicted molar refractivity (Wildman–Crippen MR) is 80.0 cm³/mol. The van der Waals surface area contributed by atoms with Crippen LogP contribution in [0.1, 0.15) is 26.2 Å². The van der Waals surface area contributed by atoms with Gasteiger partial charge >= 0.3 is 26.2 Å². The third-order valence-electron chi connectivity index (χ3n) is 3.67. The van der Waals surface area contributed by atoms with E-state index in [0.717, 1.165) is 11.6 Å². The minimum atomic E-state index is -1.57. The smallest absolute Gasteiger partial charge is 1.00 e. The third kappa shape index (κ3) is 6.97. The van der Waals surface area contributed by atoms with Crippen LogP contribution in [0.5, 0.6) is 0 Å². The topological polar surface area (TPSA) is 0 Å². The van der Waals surface area contributed by atoms with Gasteiger partial charge in [0.1, 0.15) is 0 Å². The summed E-state index contributed by atoms with van der Waals surface area (Å²) in [6.07, 6.45) is 11.6. The van der Waals surface area contributed by atoms with E-state index >= 15 is 0 Å². The number of halogens is 3. The Balaban J connectivity index is -0.000000853. The van der Waals surface area contributed by atoms with Gasteiger partial charge in [0.15, 0.2) is 7.38 Å². The molecule has 1 aliphatic carbocycles. The van der Waals surface area contributed by atoms with Gasteiger partial charge in [-0.15, -0.1) is 6.42 Å². The number of hydrogen-bond acceptors (Lipinski definition) is 0. The van der Waals surface area contributed by atoms with Gasteiger partial charge in [0.05, 0.1) is 0 Å². The van der Waals surface area contributed by atoms with Crippen molar-refractivity contribution < 1.29 is 51.0 Å². The van der Waals surface area contributed by atoms with E-state index in [2.05, 4.69) is 51.3 Å². The molecule has 0 aromatic rings. The molecule has 0 heterocycles. The molecule has 0 N–H and O–H groups in total. The fourth-order valence-electron chi connectivity index (χ4n) is 2.89.